The smallest absolute Gasteiger partial charge is 0.168 e. The summed E-state index contributed by atoms with van der Waals surface area (Å²) in [6, 6.07) is 0. The molecule has 0 atom stereocenters. The lowest BCUT2D eigenvalue weighted by Gasteiger charge is -2.40. The molecule has 1 saturated carbocycles. The van der Waals surface area contributed by atoms with Gasteiger partial charge in [-0.1, -0.05) is 0 Å². The zero-order chi connectivity index (χ0) is 11.8. The first-order chi connectivity index (χ1) is 8.20. The molecule has 4 nitrogen and oxygen atoms in total. The summed E-state index contributed by atoms with van der Waals surface area (Å²) in [5.41, 5.74) is -0.627. The van der Waals surface area contributed by atoms with Gasteiger partial charge in [0.15, 0.2) is 5.79 Å². The van der Waals surface area contributed by atoms with Gasteiger partial charge in [0.25, 0.3) is 0 Å². The van der Waals surface area contributed by atoms with E-state index in [1.54, 1.807) is 17.5 Å². The lowest BCUT2D eigenvalue weighted by Crippen LogP contribution is -2.44. The summed E-state index contributed by atoms with van der Waals surface area (Å²) in [4.78, 5) is 4.24. The lowest BCUT2D eigenvalue weighted by atomic mass is 9.79. The van der Waals surface area contributed by atoms with E-state index in [0.717, 1.165) is 30.7 Å². The van der Waals surface area contributed by atoms with Crippen molar-refractivity contribution in [2.45, 2.75) is 43.5 Å². The highest BCUT2D eigenvalue weighted by Gasteiger charge is 2.45. The maximum Gasteiger partial charge on any atom is 0.168 e. The molecule has 0 radical (unpaired) electrons. The minimum absolute atomic E-state index is 0.394. The van der Waals surface area contributed by atoms with Crippen LogP contribution in [-0.2, 0) is 15.9 Å². The molecular formula is C12H17NO3S. The van der Waals surface area contributed by atoms with Crippen molar-refractivity contribution < 1.29 is 14.6 Å². The third-order valence-electron chi connectivity index (χ3n) is 3.72. The summed E-state index contributed by atoms with van der Waals surface area (Å²) in [6.45, 7) is 1.37. The molecule has 0 amide bonds. The Morgan fingerprint density at radius 1 is 1.24 bits per heavy atom. The van der Waals surface area contributed by atoms with Gasteiger partial charge in [0, 0.05) is 30.8 Å². The number of ether oxygens (including phenoxy) is 2. The summed E-state index contributed by atoms with van der Waals surface area (Å²) in [7, 11) is 0. The van der Waals surface area contributed by atoms with Crippen molar-refractivity contribution in [1.29, 1.82) is 0 Å². The van der Waals surface area contributed by atoms with Gasteiger partial charge in [0.2, 0.25) is 0 Å². The first kappa shape index (κ1) is 11.6. The van der Waals surface area contributed by atoms with Crippen molar-refractivity contribution in [3.05, 3.63) is 16.6 Å². The fourth-order valence-corrected chi connectivity index (χ4v) is 3.43. The van der Waals surface area contributed by atoms with Gasteiger partial charge in [-0.25, -0.2) is 4.98 Å². The molecule has 1 spiro atoms. The zero-order valence-electron chi connectivity index (χ0n) is 9.72. The van der Waals surface area contributed by atoms with Crippen LogP contribution in [0.5, 0.6) is 0 Å². The third kappa shape index (κ3) is 2.38. The van der Waals surface area contributed by atoms with Gasteiger partial charge >= 0.3 is 0 Å². The molecule has 2 heterocycles. The molecule has 1 aromatic heterocycles. The lowest BCUT2D eigenvalue weighted by molar-refractivity contribution is -0.202. The van der Waals surface area contributed by atoms with E-state index in [1.165, 1.54) is 0 Å². The highest BCUT2D eigenvalue weighted by atomic mass is 32.1. The number of thiazole rings is 1. The van der Waals surface area contributed by atoms with Gasteiger partial charge in [-0.3, -0.25) is 0 Å². The molecule has 1 aliphatic carbocycles. The number of rotatable bonds is 2. The summed E-state index contributed by atoms with van der Waals surface area (Å²) in [6.07, 6.45) is 5.47. The van der Waals surface area contributed by atoms with Crippen molar-refractivity contribution >= 4 is 11.3 Å². The zero-order valence-corrected chi connectivity index (χ0v) is 10.5. The average molecular weight is 255 g/mol. The van der Waals surface area contributed by atoms with Crippen LogP contribution in [-0.4, -0.2) is 34.7 Å². The van der Waals surface area contributed by atoms with E-state index in [0.29, 0.717) is 19.6 Å². The Morgan fingerprint density at radius 3 is 2.53 bits per heavy atom. The second-order valence-electron chi connectivity index (χ2n) is 4.93. The molecule has 3 rings (SSSR count). The third-order valence-corrected chi connectivity index (χ3v) is 4.50. The van der Waals surface area contributed by atoms with Crippen LogP contribution in [0, 0.1) is 0 Å². The van der Waals surface area contributed by atoms with Crippen LogP contribution in [0.1, 0.15) is 30.7 Å². The van der Waals surface area contributed by atoms with Crippen LogP contribution in [0.4, 0.5) is 0 Å². The van der Waals surface area contributed by atoms with Gasteiger partial charge < -0.3 is 14.6 Å². The van der Waals surface area contributed by atoms with Crippen molar-refractivity contribution in [3.63, 3.8) is 0 Å². The van der Waals surface area contributed by atoms with Crippen LogP contribution >= 0.6 is 11.3 Å². The molecule has 0 unspecified atom stereocenters. The molecule has 1 N–H and O–H groups in total. The first-order valence-corrected chi connectivity index (χ1v) is 6.97. The van der Waals surface area contributed by atoms with Crippen LogP contribution in [0.2, 0.25) is 0 Å². The number of aromatic nitrogens is 1. The Hall–Kier alpha value is -0.490. The van der Waals surface area contributed by atoms with Crippen LogP contribution < -0.4 is 0 Å². The van der Waals surface area contributed by atoms with Crippen LogP contribution in [0.3, 0.4) is 0 Å². The molecule has 1 saturated heterocycles. The summed E-state index contributed by atoms with van der Waals surface area (Å²) in [5, 5.41) is 13.5. The van der Waals surface area contributed by atoms with Gasteiger partial charge in [0.05, 0.1) is 23.8 Å². The van der Waals surface area contributed by atoms with Gasteiger partial charge in [-0.15, -0.1) is 11.3 Å². The Bertz CT molecular complexity index is 363. The van der Waals surface area contributed by atoms with Crippen LogP contribution in [0.15, 0.2) is 11.6 Å². The maximum atomic E-state index is 10.5. The van der Waals surface area contributed by atoms with E-state index in [4.69, 9.17) is 9.47 Å². The minimum Gasteiger partial charge on any atom is -0.389 e. The van der Waals surface area contributed by atoms with Crippen LogP contribution in [0.25, 0.3) is 0 Å². The van der Waals surface area contributed by atoms with E-state index in [9.17, 15) is 5.11 Å². The van der Waals surface area contributed by atoms with E-state index in [2.05, 4.69) is 4.98 Å². The molecule has 0 aromatic carbocycles. The normalized spacial score (nSPS) is 26.4. The fraction of sp³-hybridized carbons (Fsp3) is 0.750. The minimum atomic E-state index is -0.627. The second-order valence-corrected chi connectivity index (χ2v) is 5.91. The predicted molar refractivity (Wildman–Crippen MR) is 63.9 cm³/mol. The molecule has 0 bridgehead atoms. The molecule has 2 fully saturated rings. The van der Waals surface area contributed by atoms with E-state index in [-0.39, 0.29) is 0 Å². The maximum absolute atomic E-state index is 10.5. The van der Waals surface area contributed by atoms with Gasteiger partial charge in [-0.2, -0.15) is 0 Å². The Balaban J connectivity index is 1.63. The number of nitrogens with zero attached hydrogens (tertiary/aromatic N) is 1. The molecule has 1 aromatic rings. The van der Waals surface area contributed by atoms with Gasteiger partial charge in [0.1, 0.15) is 0 Å². The molecule has 2 aliphatic rings. The first-order valence-electron chi connectivity index (χ1n) is 6.09. The largest absolute Gasteiger partial charge is 0.389 e. The van der Waals surface area contributed by atoms with Gasteiger partial charge in [-0.05, 0) is 12.8 Å². The average Bonchev–Trinajstić information content (AvgIpc) is 2.96. The highest BCUT2D eigenvalue weighted by molar-refractivity contribution is 7.09. The van der Waals surface area contributed by atoms with E-state index < -0.39 is 11.4 Å². The van der Waals surface area contributed by atoms with Crippen molar-refractivity contribution in [3.8, 4) is 0 Å². The Morgan fingerprint density at radius 2 is 1.94 bits per heavy atom. The van der Waals surface area contributed by atoms with Crippen molar-refractivity contribution in [1.82, 2.24) is 4.98 Å². The van der Waals surface area contributed by atoms with E-state index in [1.807, 2.05) is 5.38 Å². The topological polar surface area (TPSA) is 51.6 Å². The molecule has 94 valence electrons. The summed E-state index contributed by atoms with van der Waals surface area (Å²) < 4.78 is 11.3. The second kappa shape index (κ2) is 4.31. The quantitative estimate of drug-likeness (QED) is 0.874. The highest BCUT2D eigenvalue weighted by Crippen LogP contribution is 2.41. The SMILES string of the molecule is OC1(Cc2nccs2)CCC2(CC1)OCCO2. The van der Waals surface area contributed by atoms with Crippen molar-refractivity contribution in [2.24, 2.45) is 0 Å². The Labute approximate surface area is 105 Å². The predicted octanol–water partition coefficient (Wildman–Crippen LogP) is 1.73. The number of aliphatic hydroxyl groups is 1. The Kier molecular flexibility index (Phi) is 2.94. The number of hydrogen-bond donors (Lipinski definition) is 1. The summed E-state index contributed by atoms with van der Waals surface area (Å²) >= 11 is 1.61. The molecule has 1 aliphatic heterocycles. The standard InChI is InChI=1S/C12H17NO3S/c14-11(9-10-13-5-8-17-10)1-3-12(4-2-11)15-6-7-16-12/h5,8,14H,1-4,6-7,9H2. The van der Waals surface area contributed by atoms with E-state index >= 15 is 0 Å². The molecule has 5 heteroatoms. The monoisotopic (exact) mass is 255 g/mol. The summed E-state index contributed by atoms with van der Waals surface area (Å²) in [5.74, 6) is -0.394. The molecule has 17 heavy (non-hydrogen) atoms. The number of hydrogen-bond acceptors (Lipinski definition) is 5. The molecular weight excluding hydrogens is 238 g/mol. The fourth-order valence-electron chi connectivity index (χ4n) is 2.68. The van der Waals surface area contributed by atoms with Crippen molar-refractivity contribution in [2.75, 3.05) is 13.2 Å².